The summed E-state index contributed by atoms with van der Waals surface area (Å²) in [4.78, 5) is 16.7. The molecular formula is C17H14N2O2. The molecule has 0 unspecified atom stereocenters. The van der Waals surface area contributed by atoms with Gasteiger partial charge in [0.15, 0.2) is 0 Å². The van der Waals surface area contributed by atoms with Gasteiger partial charge < -0.3 is 10.4 Å². The van der Waals surface area contributed by atoms with E-state index in [9.17, 15) is 9.90 Å². The fraction of sp³-hybridized carbons (Fsp3) is 0.0588. The molecule has 0 atom stereocenters. The van der Waals surface area contributed by atoms with Gasteiger partial charge >= 0.3 is 0 Å². The number of benzene rings is 2. The molecular weight excluding hydrogens is 264 g/mol. The number of pyridine rings is 1. The van der Waals surface area contributed by atoms with Crippen LogP contribution < -0.4 is 5.32 Å². The predicted octanol–water partition coefficient (Wildman–Crippen LogP) is 3.50. The minimum atomic E-state index is -0.357. The normalized spacial score (nSPS) is 10.5. The predicted molar refractivity (Wildman–Crippen MR) is 82.5 cm³/mol. The van der Waals surface area contributed by atoms with Crippen LogP contribution in [0.3, 0.4) is 0 Å². The number of hydrogen-bond acceptors (Lipinski definition) is 3. The molecule has 0 aliphatic heterocycles. The van der Waals surface area contributed by atoms with Crippen LogP contribution in [-0.4, -0.2) is 16.0 Å². The Morgan fingerprint density at radius 1 is 1.05 bits per heavy atom. The lowest BCUT2D eigenvalue weighted by atomic mass is 10.1. The van der Waals surface area contributed by atoms with Crippen molar-refractivity contribution < 1.29 is 9.90 Å². The molecule has 3 rings (SSSR count). The summed E-state index contributed by atoms with van der Waals surface area (Å²) in [5, 5.41) is 13.5. The first-order chi connectivity index (χ1) is 10.1. The number of amides is 1. The van der Waals surface area contributed by atoms with Crippen LogP contribution in [0.4, 0.5) is 5.69 Å². The Morgan fingerprint density at radius 2 is 1.86 bits per heavy atom. The Labute approximate surface area is 122 Å². The first-order valence-corrected chi connectivity index (χ1v) is 6.61. The second-order valence-corrected chi connectivity index (χ2v) is 4.80. The SMILES string of the molecule is Cc1ccc2cccc(NC(=O)c3ccccc3O)c2n1. The highest BCUT2D eigenvalue weighted by atomic mass is 16.3. The molecule has 0 radical (unpaired) electrons. The van der Waals surface area contributed by atoms with E-state index in [4.69, 9.17) is 0 Å². The topological polar surface area (TPSA) is 62.2 Å². The Morgan fingerprint density at radius 3 is 2.67 bits per heavy atom. The van der Waals surface area contributed by atoms with Crippen LogP contribution in [-0.2, 0) is 0 Å². The Kier molecular flexibility index (Phi) is 3.28. The quantitative estimate of drug-likeness (QED) is 0.754. The van der Waals surface area contributed by atoms with Gasteiger partial charge in [-0.15, -0.1) is 0 Å². The number of aromatic hydroxyl groups is 1. The maximum absolute atomic E-state index is 12.3. The van der Waals surface area contributed by atoms with Crippen LogP contribution in [0.25, 0.3) is 10.9 Å². The molecule has 4 heteroatoms. The van der Waals surface area contributed by atoms with Gasteiger partial charge in [-0.25, -0.2) is 0 Å². The first kappa shape index (κ1) is 13.1. The van der Waals surface area contributed by atoms with Gasteiger partial charge in [0.25, 0.3) is 5.91 Å². The lowest BCUT2D eigenvalue weighted by molar-refractivity contribution is 0.102. The highest BCUT2D eigenvalue weighted by Crippen LogP contribution is 2.23. The molecule has 0 aliphatic carbocycles. The van der Waals surface area contributed by atoms with Crippen LogP contribution in [0.5, 0.6) is 5.75 Å². The highest BCUT2D eigenvalue weighted by Gasteiger charge is 2.12. The standard InChI is InChI=1S/C17H14N2O2/c1-11-9-10-12-5-4-7-14(16(12)18-11)19-17(21)13-6-2-3-8-15(13)20/h2-10,20H,1H3,(H,19,21). The van der Waals surface area contributed by atoms with Crippen molar-refractivity contribution in [3.8, 4) is 5.75 Å². The van der Waals surface area contributed by atoms with Gasteiger partial charge in [0.2, 0.25) is 0 Å². The number of hydrogen-bond donors (Lipinski definition) is 2. The van der Waals surface area contributed by atoms with Crippen molar-refractivity contribution in [1.82, 2.24) is 4.98 Å². The second kappa shape index (κ2) is 5.25. The fourth-order valence-corrected chi connectivity index (χ4v) is 2.20. The second-order valence-electron chi connectivity index (χ2n) is 4.80. The van der Waals surface area contributed by atoms with Gasteiger partial charge in [-0.3, -0.25) is 9.78 Å². The molecule has 21 heavy (non-hydrogen) atoms. The number of aryl methyl sites for hydroxylation is 1. The Balaban J connectivity index is 2.00. The molecule has 2 N–H and O–H groups in total. The van der Waals surface area contributed by atoms with Gasteiger partial charge in [-0.2, -0.15) is 0 Å². The number of nitrogens with zero attached hydrogens (tertiary/aromatic N) is 1. The van der Waals surface area contributed by atoms with E-state index in [1.807, 2.05) is 31.2 Å². The van der Waals surface area contributed by atoms with Crippen LogP contribution >= 0.6 is 0 Å². The smallest absolute Gasteiger partial charge is 0.259 e. The van der Waals surface area contributed by atoms with E-state index in [1.165, 1.54) is 6.07 Å². The maximum atomic E-state index is 12.3. The lowest BCUT2D eigenvalue weighted by Crippen LogP contribution is -2.12. The molecule has 3 aromatic rings. The summed E-state index contributed by atoms with van der Waals surface area (Å²) in [5.74, 6) is -0.400. The highest BCUT2D eigenvalue weighted by molar-refractivity contribution is 6.09. The monoisotopic (exact) mass is 278 g/mol. The lowest BCUT2D eigenvalue weighted by Gasteiger charge is -2.09. The van der Waals surface area contributed by atoms with Gasteiger partial charge in [0.05, 0.1) is 16.8 Å². The van der Waals surface area contributed by atoms with Gasteiger partial charge in [0, 0.05) is 11.1 Å². The van der Waals surface area contributed by atoms with Crippen LogP contribution in [0.1, 0.15) is 16.1 Å². The number of fused-ring (bicyclic) bond motifs is 1. The van der Waals surface area contributed by atoms with Crippen molar-refractivity contribution >= 4 is 22.5 Å². The average Bonchev–Trinajstić information content (AvgIpc) is 2.48. The molecule has 0 spiro atoms. The molecule has 0 saturated carbocycles. The molecule has 2 aromatic carbocycles. The fourth-order valence-electron chi connectivity index (χ4n) is 2.20. The molecule has 4 nitrogen and oxygen atoms in total. The molecule has 0 fully saturated rings. The molecule has 104 valence electrons. The van der Waals surface area contributed by atoms with Crippen molar-refractivity contribution in [1.29, 1.82) is 0 Å². The minimum absolute atomic E-state index is 0.0422. The third-order valence-corrected chi connectivity index (χ3v) is 3.26. The number of phenols is 1. The zero-order valence-electron chi connectivity index (χ0n) is 11.5. The summed E-state index contributed by atoms with van der Waals surface area (Å²) >= 11 is 0. The molecule has 1 aromatic heterocycles. The number of anilines is 1. The van der Waals surface area contributed by atoms with Crippen LogP contribution in [0.15, 0.2) is 54.6 Å². The third kappa shape index (κ3) is 2.56. The van der Waals surface area contributed by atoms with Gasteiger partial charge in [-0.1, -0.05) is 30.3 Å². The summed E-state index contributed by atoms with van der Waals surface area (Å²) in [5.41, 5.74) is 2.49. The summed E-state index contributed by atoms with van der Waals surface area (Å²) in [6.07, 6.45) is 0. The summed E-state index contributed by atoms with van der Waals surface area (Å²) in [6, 6.07) is 15.9. The number of rotatable bonds is 2. The summed E-state index contributed by atoms with van der Waals surface area (Å²) in [6.45, 7) is 1.90. The van der Waals surface area contributed by atoms with Gasteiger partial charge in [-0.05, 0) is 31.2 Å². The Hall–Kier alpha value is -2.88. The number of phenolic OH excluding ortho intramolecular Hbond substituents is 1. The molecule has 1 heterocycles. The minimum Gasteiger partial charge on any atom is -0.507 e. The number of para-hydroxylation sites is 2. The number of nitrogens with one attached hydrogen (secondary N) is 1. The van der Waals surface area contributed by atoms with E-state index in [0.717, 1.165) is 16.6 Å². The zero-order valence-corrected chi connectivity index (χ0v) is 11.5. The number of aromatic nitrogens is 1. The Bertz CT molecular complexity index is 828. The molecule has 0 saturated heterocycles. The third-order valence-electron chi connectivity index (χ3n) is 3.26. The average molecular weight is 278 g/mol. The van der Waals surface area contributed by atoms with E-state index >= 15 is 0 Å². The van der Waals surface area contributed by atoms with Crippen molar-refractivity contribution in [3.63, 3.8) is 0 Å². The van der Waals surface area contributed by atoms with E-state index < -0.39 is 0 Å². The largest absolute Gasteiger partial charge is 0.507 e. The van der Waals surface area contributed by atoms with Crippen molar-refractivity contribution in [2.24, 2.45) is 0 Å². The van der Waals surface area contributed by atoms with E-state index in [2.05, 4.69) is 10.3 Å². The zero-order chi connectivity index (χ0) is 14.8. The number of carbonyl (C=O) groups excluding carboxylic acids is 1. The van der Waals surface area contributed by atoms with Gasteiger partial charge in [0.1, 0.15) is 5.75 Å². The van der Waals surface area contributed by atoms with Crippen molar-refractivity contribution in [3.05, 3.63) is 65.9 Å². The van der Waals surface area contributed by atoms with Crippen molar-refractivity contribution in [2.75, 3.05) is 5.32 Å². The summed E-state index contributed by atoms with van der Waals surface area (Å²) in [7, 11) is 0. The van der Waals surface area contributed by atoms with E-state index in [1.54, 1.807) is 24.3 Å². The molecule has 1 amide bonds. The van der Waals surface area contributed by atoms with Crippen LogP contribution in [0, 0.1) is 6.92 Å². The number of carbonyl (C=O) groups is 1. The first-order valence-electron chi connectivity index (χ1n) is 6.61. The maximum Gasteiger partial charge on any atom is 0.259 e. The van der Waals surface area contributed by atoms with Crippen molar-refractivity contribution in [2.45, 2.75) is 6.92 Å². The van der Waals surface area contributed by atoms with E-state index in [0.29, 0.717) is 5.69 Å². The molecule has 0 bridgehead atoms. The molecule has 0 aliphatic rings. The van der Waals surface area contributed by atoms with E-state index in [-0.39, 0.29) is 17.2 Å². The van der Waals surface area contributed by atoms with Crippen LogP contribution in [0.2, 0.25) is 0 Å². The summed E-state index contributed by atoms with van der Waals surface area (Å²) < 4.78 is 0.